The zero-order valence-corrected chi connectivity index (χ0v) is 10.6. The van der Waals surface area contributed by atoms with Crippen molar-refractivity contribution >= 4 is 17.0 Å². The lowest BCUT2D eigenvalue weighted by molar-refractivity contribution is -0.105. The Bertz CT molecular complexity index is 117. The first kappa shape index (κ1) is 16.7. The fraction of sp³-hybridized carbons (Fsp3) is 1.00. The highest BCUT2D eigenvalue weighted by atomic mass is 79.9. The van der Waals surface area contributed by atoms with Crippen LogP contribution in [0, 0.1) is 0 Å². The van der Waals surface area contributed by atoms with Crippen molar-refractivity contribution in [3.8, 4) is 0 Å². The third-order valence-corrected chi connectivity index (χ3v) is 2.07. The molecule has 0 aromatic carbocycles. The predicted octanol–water partition coefficient (Wildman–Crippen LogP) is 0.705. The molecule has 2 unspecified atom stereocenters. The summed E-state index contributed by atoms with van der Waals surface area (Å²) in [7, 11) is 0. The van der Waals surface area contributed by atoms with Crippen LogP contribution in [0.1, 0.15) is 33.1 Å². The van der Waals surface area contributed by atoms with Crippen LogP contribution in [-0.2, 0) is 0 Å². The van der Waals surface area contributed by atoms with Gasteiger partial charge in [-0.1, -0.05) is 13.8 Å². The van der Waals surface area contributed by atoms with Crippen LogP contribution in [0.15, 0.2) is 0 Å². The van der Waals surface area contributed by atoms with Crippen molar-refractivity contribution in [1.82, 2.24) is 4.90 Å². The SMILES string of the molecule is Br.CCC(O)N(CCCO)C(O)CC. The molecule has 88 valence electrons. The summed E-state index contributed by atoms with van der Waals surface area (Å²) in [6.07, 6.45) is 0.530. The van der Waals surface area contributed by atoms with E-state index >= 15 is 0 Å². The lowest BCUT2D eigenvalue weighted by Crippen LogP contribution is -2.43. The van der Waals surface area contributed by atoms with Crippen LogP contribution < -0.4 is 0 Å². The fourth-order valence-corrected chi connectivity index (χ4v) is 1.22. The summed E-state index contributed by atoms with van der Waals surface area (Å²) in [6.45, 7) is 4.34. The van der Waals surface area contributed by atoms with Crippen LogP contribution in [0.5, 0.6) is 0 Å². The van der Waals surface area contributed by atoms with Crippen LogP contribution >= 0.6 is 17.0 Å². The summed E-state index contributed by atoms with van der Waals surface area (Å²) in [6, 6.07) is 0. The minimum Gasteiger partial charge on any atom is -0.396 e. The van der Waals surface area contributed by atoms with Gasteiger partial charge >= 0.3 is 0 Å². The summed E-state index contributed by atoms with van der Waals surface area (Å²) in [5, 5.41) is 27.7. The van der Waals surface area contributed by atoms with Crippen molar-refractivity contribution in [2.45, 2.75) is 45.6 Å². The molecule has 0 rings (SSSR count). The Hall–Kier alpha value is 0.320. The van der Waals surface area contributed by atoms with E-state index in [1.165, 1.54) is 0 Å². The highest BCUT2D eigenvalue weighted by molar-refractivity contribution is 8.93. The molecule has 0 heterocycles. The first-order chi connectivity index (χ1) is 6.17. The summed E-state index contributed by atoms with van der Waals surface area (Å²) in [5.74, 6) is 0. The van der Waals surface area contributed by atoms with Crippen molar-refractivity contribution in [2.24, 2.45) is 0 Å². The van der Waals surface area contributed by atoms with Crippen molar-refractivity contribution in [3.05, 3.63) is 0 Å². The van der Waals surface area contributed by atoms with Gasteiger partial charge in [0.2, 0.25) is 0 Å². The molecule has 0 bridgehead atoms. The maximum absolute atomic E-state index is 9.53. The Morgan fingerprint density at radius 1 is 1.07 bits per heavy atom. The van der Waals surface area contributed by atoms with E-state index in [4.69, 9.17) is 5.11 Å². The maximum Gasteiger partial charge on any atom is 0.109 e. The number of hydrogen-bond acceptors (Lipinski definition) is 4. The highest BCUT2D eigenvalue weighted by Gasteiger charge is 2.19. The molecular formula is C9H22BrNO3. The third-order valence-electron chi connectivity index (χ3n) is 2.07. The quantitative estimate of drug-likeness (QED) is 0.597. The smallest absolute Gasteiger partial charge is 0.109 e. The Labute approximate surface area is 96.3 Å². The first-order valence-electron chi connectivity index (χ1n) is 4.90. The van der Waals surface area contributed by atoms with Gasteiger partial charge in [-0.25, -0.2) is 0 Å². The minimum absolute atomic E-state index is 0. The summed E-state index contributed by atoms with van der Waals surface area (Å²) in [4.78, 5) is 1.61. The maximum atomic E-state index is 9.53. The van der Waals surface area contributed by atoms with Gasteiger partial charge in [-0.2, -0.15) is 0 Å². The number of halogens is 1. The lowest BCUT2D eigenvalue weighted by Gasteiger charge is -2.30. The van der Waals surface area contributed by atoms with Crippen molar-refractivity contribution in [3.63, 3.8) is 0 Å². The minimum atomic E-state index is -0.610. The van der Waals surface area contributed by atoms with Gasteiger partial charge < -0.3 is 15.3 Å². The second-order valence-electron chi connectivity index (χ2n) is 3.09. The van der Waals surface area contributed by atoms with Gasteiger partial charge in [0, 0.05) is 13.2 Å². The van der Waals surface area contributed by atoms with Crippen LogP contribution in [0.2, 0.25) is 0 Å². The topological polar surface area (TPSA) is 63.9 Å². The highest BCUT2D eigenvalue weighted by Crippen LogP contribution is 2.08. The van der Waals surface area contributed by atoms with Gasteiger partial charge in [-0.3, -0.25) is 4.90 Å². The normalized spacial score (nSPS) is 15.0. The monoisotopic (exact) mass is 271 g/mol. The number of hydrogen-bond donors (Lipinski definition) is 3. The molecule has 0 fully saturated rings. The van der Waals surface area contributed by atoms with Crippen LogP contribution in [0.4, 0.5) is 0 Å². The molecule has 0 aliphatic carbocycles. The Balaban J connectivity index is 0. The van der Waals surface area contributed by atoms with E-state index in [0.29, 0.717) is 25.8 Å². The van der Waals surface area contributed by atoms with E-state index in [1.54, 1.807) is 4.90 Å². The summed E-state index contributed by atoms with van der Waals surface area (Å²) >= 11 is 0. The molecule has 0 radical (unpaired) electrons. The summed E-state index contributed by atoms with van der Waals surface area (Å²) in [5.41, 5.74) is 0. The molecule has 14 heavy (non-hydrogen) atoms. The Morgan fingerprint density at radius 3 is 1.79 bits per heavy atom. The predicted molar refractivity (Wildman–Crippen MR) is 61.3 cm³/mol. The second kappa shape index (κ2) is 9.86. The molecule has 5 heteroatoms. The van der Waals surface area contributed by atoms with Crippen molar-refractivity contribution in [2.75, 3.05) is 13.2 Å². The summed E-state index contributed by atoms with van der Waals surface area (Å²) < 4.78 is 0. The van der Waals surface area contributed by atoms with Gasteiger partial charge in [0.15, 0.2) is 0 Å². The van der Waals surface area contributed by atoms with Gasteiger partial charge in [-0.15, -0.1) is 17.0 Å². The average molecular weight is 272 g/mol. The molecular weight excluding hydrogens is 250 g/mol. The van der Waals surface area contributed by atoms with Crippen LogP contribution in [0.25, 0.3) is 0 Å². The number of aliphatic hydroxyl groups is 3. The first-order valence-corrected chi connectivity index (χ1v) is 4.90. The standard InChI is InChI=1S/C9H21NO3.BrH/c1-3-8(12)10(6-5-7-11)9(13)4-2;/h8-9,11-13H,3-7H2,1-2H3;1H. The zero-order chi connectivity index (χ0) is 10.3. The Kier molecular flexibility index (Phi) is 11.8. The van der Waals surface area contributed by atoms with Gasteiger partial charge in [-0.05, 0) is 19.3 Å². The molecule has 3 N–H and O–H groups in total. The Morgan fingerprint density at radius 2 is 1.50 bits per heavy atom. The number of aliphatic hydroxyl groups excluding tert-OH is 3. The molecule has 0 aliphatic heterocycles. The molecule has 0 saturated carbocycles. The lowest BCUT2D eigenvalue weighted by atomic mass is 10.2. The van der Waals surface area contributed by atoms with E-state index in [-0.39, 0.29) is 23.6 Å². The van der Waals surface area contributed by atoms with E-state index in [9.17, 15) is 10.2 Å². The molecule has 0 aromatic heterocycles. The molecule has 4 nitrogen and oxygen atoms in total. The number of rotatable bonds is 7. The van der Waals surface area contributed by atoms with Crippen molar-refractivity contribution < 1.29 is 15.3 Å². The third kappa shape index (κ3) is 5.93. The molecule has 0 aromatic rings. The molecule has 0 saturated heterocycles. The van der Waals surface area contributed by atoms with Gasteiger partial charge in [0.05, 0.1) is 0 Å². The zero-order valence-electron chi connectivity index (χ0n) is 8.89. The molecule has 0 aliphatic rings. The second-order valence-corrected chi connectivity index (χ2v) is 3.09. The van der Waals surface area contributed by atoms with E-state index in [0.717, 1.165) is 0 Å². The van der Waals surface area contributed by atoms with Gasteiger partial charge in [0.1, 0.15) is 12.5 Å². The van der Waals surface area contributed by atoms with E-state index in [1.807, 2.05) is 13.8 Å². The number of nitrogens with zero attached hydrogens (tertiary/aromatic N) is 1. The van der Waals surface area contributed by atoms with Gasteiger partial charge in [0.25, 0.3) is 0 Å². The largest absolute Gasteiger partial charge is 0.396 e. The molecule has 0 amide bonds. The van der Waals surface area contributed by atoms with E-state index < -0.39 is 12.5 Å². The average Bonchev–Trinajstić information content (AvgIpc) is 2.17. The fourth-order valence-electron chi connectivity index (χ4n) is 1.22. The van der Waals surface area contributed by atoms with Crippen LogP contribution in [0.3, 0.4) is 0 Å². The molecule has 2 atom stereocenters. The molecule has 0 spiro atoms. The van der Waals surface area contributed by atoms with E-state index in [2.05, 4.69) is 0 Å². The van der Waals surface area contributed by atoms with Crippen molar-refractivity contribution in [1.29, 1.82) is 0 Å². The van der Waals surface area contributed by atoms with Crippen LogP contribution in [-0.4, -0.2) is 45.8 Å².